The molecule has 7 heteroatoms. The Morgan fingerprint density at radius 3 is 2.59 bits per heavy atom. The molecular formula is C20H24N4O3. The third kappa shape index (κ3) is 3.46. The Morgan fingerprint density at radius 1 is 1.19 bits per heavy atom. The van der Waals surface area contributed by atoms with Crippen LogP contribution in [0, 0.1) is 12.8 Å². The van der Waals surface area contributed by atoms with E-state index < -0.39 is 17.5 Å². The Hall–Kier alpha value is -2.70. The summed E-state index contributed by atoms with van der Waals surface area (Å²) in [5.41, 5.74) is 0.999. The molecule has 0 saturated heterocycles. The van der Waals surface area contributed by atoms with Gasteiger partial charge in [-0.25, -0.2) is 4.98 Å². The van der Waals surface area contributed by atoms with E-state index >= 15 is 0 Å². The second-order valence-electron chi connectivity index (χ2n) is 7.73. The molecule has 2 fully saturated rings. The van der Waals surface area contributed by atoms with Crippen LogP contribution in [0.25, 0.3) is 11.5 Å². The second-order valence-corrected chi connectivity index (χ2v) is 7.73. The van der Waals surface area contributed by atoms with Gasteiger partial charge in [0.1, 0.15) is 5.69 Å². The van der Waals surface area contributed by atoms with Gasteiger partial charge in [0.15, 0.2) is 11.5 Å². The number of pyridine rings is 1. The first kappa shape index (κ1) is 17.7. The van der Waals surface area contributed by atoms with E-state index in [4.69, 9.17) is 0 Å². The number of carbonyl (C=O) groups excluding carboxylic acids is 1. The number of aryl methyl sites for hydroxylation is 1. The molecule has 2 aromatic heterocycles. The maximum Gasteiger partial charge on any atom is 0.274 e. The topological polar surface area (TPSA) is 108 Å². The lowest BCUT2D eigenvalue weighted by Crippen LogP contribution is -2.43. The number of aromatic hydroxyl groups is 2. The molecule has 142 valence electrons. The molecule has 2 aliphatic rings. The molecule has 0 aromatic carbocycles. The molecule has 1 amide bonds. The summed E-state index contributed by atoms with van der Waals surface area (Å²) in [5.74, 6) is -1.09. The highest BCUT2D eigenvalue weighted by atomic mass is 16.3. The number of amides is 1. The first-order chi connectivity index (χ1) is 13.0. The van der Waals surface area contributed by atoms with Gasteiger partial charge in [0, 0.05) is 11.7 Å². The Bertz CT molecular complexity index is 874. The first-order valence-corrected chi connectivity index (χ1v) is 9.54. The molecule has 3 N–H and O–H groups in total. The molecule has 2 aliphatic carbocycles. The lowest BCUT2D eigenvalue weighted by Gasteiger charge is -2.31. The van der Waals surface area contributed by atoms with Gasteiger partial charge in [-0.2, -0.15) is 4.98 Å². The average molecular weight is 368 g/mol. The Kier molecular flexibility index (Phi) is 4.45. The lowest BCUT2D eigenvalue weighted by molar-refractivity contribution is 0.0893. The molecule has 2 aromatic rings. The van der Waals surface area contributed by atoms with Crippen LogP contribution in [0.4, 0.5) is 0 Å². The van der Waals surface area contributed by atoms with Gasteiger partial charge in [0.25, 0.3) is 11.8 Å². The minimum Gasteiger partial charge on any atom is -0.501 e. The molecule has 4 rings (SSSR count). The van der Waals surface area contributed by atoms with Crippen molar-refractivity contribution in [3.05, 3.63) is 29.6 Å². The molecule has 0 bridgehead atoms. The molecule has 0 radical (unpaired) electrons. The van der Waals surface area contributed by atoms with E-state index in [-0.39, 0.29) is 17.1 Å². The summed E-state index contributed by atoms with van der Waals surface area (Å²) >= 11 is 0. The van der Waals surface area contributed by atoms with Crippen molar-refractivity contribution in [1.82, 2.24) is 20.3 Å². The third-order valence-electron chi connectivity index (χ3n) is 5.76. The van der Waals surface area contributed by atoms with Crippen molar-refractivity contribution in [2.24, 2.45) is 5.92 Å². The van der Waals surface area contributed by atoms with Crippen molar-refractivity contribution in [2.45, 2.75) is 57.4 Å². The smallest absolute Gasteiger partial charge is 0.274 e. The zero-order chi connectivity index (χ0) is 19.0. The average Bonchev–Trinajstić information content (AvgIpc) is 3.45. The largest absolute Gasteiger partial charge is 0.501 e. The van der Waals surface area contributed by atoms with Crippen LogP contribution in [0.2, 0.25) is 0 Å². The van der Waals surface area contributed by atoms with Gasteiger partial charge in [0.2, 0.25) is 5.75 Å². The van der Waals surface area contributed by atoms with E-state index in [9.17, 15) is 15.0 Å². The summed E-state index contributed by atoms with van der Waals surface area (Å²) in [7, 11) is 0. The highest BCUT2D eigenvalue weighted by molar-refractivity contribution is 5.96. The summed E-state index contributed by atoms with van der Waals surface area (Å²) in [4.78, 5) is 25.2. The van der Waals surface area contributed by atoms with Gasteiger partial charge in [-0.3, -0.25) is 9.78 Å². The SMILES string of the molecule is Cc1ccnc(-c2nc(O)c(O)c(C(=O)NC3(C4CCCCC4)CC3)n2)c1. The Labute approximate surface area is 157 Å². The Balaban J connectivity index is 1.62. The summed E-state index contributed by atoms with van der Waals surface area (Å²) in [6, 6.07) is 3.59. The lowest BCUT2D eigenvalue weighted by atomic mass is 9.82. The molecule has 2 saturated carbocycles. The summed E-state index contributed by atoms with van der Waals surface area (Å²) < 4.78 is 0. The van der Waals surface area contributed by atoms with Crippen LogP contribution in [-0.4, -0.2) is 36.6 Å². The summed E-state index contributed by atoms with van der Waals surface area (Å²) in [6.07, 6.45) is 9.42. The molecule has 2 heterocycles. The minimum atomic E-state index is -0.615. The van der Waals surface area contributed by atoms with E-state index in [1.165, 1.54) is 19.3 Å². The number of aromatic nitrogens is 3. The van der Waals surface area contributed by atoms with Crippen LogP contribution in [0.1, 0.15) is 61.0 Å². The molecular weight excluding hydrogens is 344 g/mol. The van der Waals surface area contributed by atoms with E-state index in [1.54, 1.807) is 12.3 Å². The van der Waals surface area contributed by atoms with Gasteiger partial charge in [-0.1, -0.05) is 19.3 Å². The van der Waals surface area contributed by atoms with Crippen molar-refractivity contribution in [1.29, 1.82) is 0 Å². The maximum absolute atomic E-state index is 12.9. The minimum absolute atomic E-state index is 0.113. The fourth-order valence-corrected chi connectivity index (χ4v) is 4.08. The van der Waals surface area contributed by atoms with E-state index in [0.717, 1.165) is 31.2 Å². The molecule has 27 heavy (non-hydrogen) atoms. The van der Waals surface area contributed by atoms with Crippen LogP contribution in [-0.2, 0) is 0 Å². The molecule has 0 unspecified atom stereocenters. The highest BCUT2D eigenvalue weighted by Crippen LogP contribution is 2.48. The number of nitrogens with zero attached hydrogens (tertiary/aromatic N) is 3. The maximum atomic E-state index is 12.9. The van der Waals surface area contributed by atoms with Crippen LogP contribution < -0.4 is 5.32 Å². The highest BCUT2D eigenvalue weighted by Gasteiger charge is 2.50. The summed E-state index contributed by atoms with van der Waals surface area (Å²) in [5, 5.41) is 23.3. The normalized spacial score (nSPS) is 18.9. The monoisotopic (exact) mass is 368 g/mol. The quantitative estimate of drug-likeness (QED) is 0.765. The van der Waals surface area contributed by atoms with Crippen molar-refractivity contribution < 1.29 is 15.0 Å². The number of rotatable bonds is 4. The number of carbonyl (C=O) groups is 1. The van der Waals surface area contributed by atoms with E-state index in [0.29, 0.717) is 11.6 Å². The van der Waals surface area contributed by atoms with Crippen LogP contribution in [0.3, 0.4) is 0 Å². The number of hydrogen-bond donors (Lipinski definition) is 3. The van der Waals surface area contributed by atoms with Gasteiger partial charge < -0.3 is 15.5 Å². The van der Waals surface area contributed by atoms with Crippen LogP contribution >= 0.6 is 0 Å². The van der Waals surface area contributed by atoms with Gasteiger partial charge in [-0.15, -0.1) is 0 Å². The van der Waals surface area contributed by atoms with Crippen molar-refractivity contribution >= 4 is 5.91 Å². The second kappa shape index (κ2) is 6.79. The number of hydrogen-bond acceptors (Lipinski definition) is 6. The molecule has 0 atom stereocenters. The van der Waals surface area contributed by atoms with E-state index in [2.05, 4.69) is 20.3 Å². The van der Waals surface area contributed by atoms with Crippen molar-refractivity contribution in [2.75, 3.05) is 0 Å². The fourth-order valence-electron chi connectivity index (χ4n) is 4.08. The van der Waals surface area contributed by atoms with Crippen LogP contribution in [0.5, 0.6) is 11.6 Å². The first-order valence-electron chi connectivity index (χ1n) is 9.54. The predicted molar refractivity (Wildman–Crippen MR) is 99.3 cm³/mol. The third-order valence-corrected chi connectivity index (χ3v) is 5.76. The van der Waals surface area contributed by atoms with Crippen LogP contribution in [0.15, 0.2) is 18.3 Å². The fraction of sp³-hybridized carbons (Fsp3) is 0.500. The number of nitrogens with one attached hydrogen (secondary N) is 1. The molecule has 7 nitrogen and oxygen atoms in total. The van der Waals surface area contributed by atoms with Gasteiger partial charge in [-0.05, 0) is 56.2 Å². The zero-order valence-electron chi connectivity index (χ0n) is 15.4. The van der Waals surface area contributed by atoms with Gasteiger partial charge in [0.05, 0.1) is 0 Å². The molecule has 0 spiro atoms. The predicted octanol–water partition coefficient (Wildman–Crippen LogP) is 3.10. The molecule has 0 aliphatic heterocycles. The standard InChI is InChI=1S/C20H24N4O3/c1-12-7-10-21-14(11-12)17-22-15(16(25)19(27)23-17)18(26)24-20(8-9-20)13-5-3-2-4-6-13/h7,10-11,13,25H,2-6,8-9H2,1H3,(H,24,26)(H,22,23,27). The summed E-state index contributed by atoms with van der Waals surface area (Å²) in [6.45, 7) is 1.90. The van der Waals surface area contributed by atoms with E-state index in [1.807, 2.05) is 13.0 Å². The Morgan fingerprint density at radius 2 is 1.93 bits per heavy atom. The van der Waals surface area contributed by atoms with Gasteiger partial charge >= 0.3 is 0 Å². The van der Waals surface area contributed by atoms with Crippen molar-refractivity contribution in [3.63, 3.8) is 0 Å². The van der Waals surface area contributed by atoms with Crippen molar-refractivity contribution in [3.8, 4) is 23.1 Å². The zero-order valence-corrected chi connectivity index (χ0v) is 15.4.